The molecule has 1 aliphatic carbocycles. The average Bonchev–Trinajstić information content (AvgIpc) is 3.73. The molecule has 5 heterocycles. The number of hydrogen-bond acceptors (Lipinski definition) is 19. The Morgan fingerprint density at radius 1 is 1.02 bits per heavy atom. The first-order chi connectivity index (χ1) is 31.9. The zero-order valence-corrected chi connectivity index (χ0v) is 35.5. The van der Waals surface area contributed by atoms with Crippen molar-refractivity contribution < 1.29 is 63.3 Å². The number of hydrogen-bond donors (Lipinski definition) is 10. The molecule has 3 aromatic rings. The Morgan fingerprint density at radius 3 is 2.65 bits per heavy atom. The summed E-state index contributed by atoms with van der Waals surface area (Å²) >= 11 is 0. The summed E-state index contributed by atoms with van der Waals surface area (Å²) < 4.78 is 31.9. The van der Waals surface area contributed by atoms with Gasteiger partial charge in [0.05, 0.1) is 43.6 Å². The van der Waals surface area contributed by atoms with Gasteiger partial charge in [-0.3, -0.25) is 30.8 Å². The Bertz CT molecular complexity index is 2500. The number of fused-ring (bicyclic) bond motifs is 6. The van der Waals surface area contributed by atoms with Crippen LogP contribution in [0.25, 0.3) is 0 Å². The molecule has 3 aromatic carbocycles. The number of aliphatic hydroxyl groups excluding tert-OH is 4. The van der Waals surface area contributed by atoms with Crippen LogP contribution in [0.2, 0.25) is 0 Å². The highest BCUT2D eigenvalue weighted by atomic mass is 16.7. The second-order valence-electron chi connectivity index (χ2n) is 16.7. The number of nitrogens with one attached hydrogen (secondary N) is 4. The van der Waals surface area contributed by atoms with Gasteiger partial charge in [0.1, 0.15) is 62.4 Å². The van der Waals surface area contributed by atoms with Crippen molar-refractivity contribution in [1.29, 1.82) is 0 Å². The Labute approximate surface area is 378 Å². The van der Waals surface area contributed by atoms with Crippen molar-refractivity contribution in [3.8, 4) is 11.5 Å². The molecule has 66 heavy (non-hydrogen) atoms. The molecule has 2 bridgehead atoms. The van der Waals surface area contributed by atoms with Gasteiger partial charge < -0.3 is 70.2 Å². The zero-order chi connectivity index (χ0) is 46.2. The summed E-state index contributed by atoms with van der Waals surface area (Å²) in [4.78, 5) is 56.1. The number of anilines is 1. The molecule has 20 heteroatoms. The summed E-state index contributed by atoms with van der Waals surface area (Å²) in [7, 11) is 0. The number of nitrogens with two attached hydrogens (primary N) is 2. The number of carbonyl (C=O) groups is 4. The third kappa shape index (κ3) is 8.54. The van der Waals surface area contributed by atoms with Crippen LogP contribution in [0.4, 0.5) is 5.69 Å². The SMILES string of the molecule is NC1=CC(CCOC2C3Oc4c(cc5c(c4OCC(O)CC=O)C(=O)c4cc(CO)ccc4C5=O)C(c4ccccc4N4CNC5C(=O)NC(N)NC54)C=COCC(O3)C(O)C2O)=CCN1. The van der Waals surface area contributed by atoms with E-state index in [1.807, 2.05) is 29.2 Å². The zero-order valence-electron chi connectivity index (χ0n) is 35.5. The minimum atomic E-state index is -1.60. The van der Waals surface area contributed by atoms with Crippen LogP contribution in [0.3, 0.4) is 0 Å². The molecule has 20 nitrogen and oxygen atoms in total. The minimum Gasteiger partial charge on any atom is -0.499 e. The lowest BCUT2D eigenvalue weighted by Gasteiger charge is -2.42. The molecule has 6 aliphatic rings. The molecule has 3 fully saturated rings. The van der Waals surface area contributed by atoms with Crippen molar-refractivity contribution in [2.24, 2.45) is 11.5 Å². The molecule has 12 N–H and O–H groups in total. The van der Waals surface area contributed by atoms with Gasteiger partial charge in [0.2, 0.25) is 12.2 Å². The third-order valence-corrected chi connectivity index (χ3v) is 12.5. The van der Waals surface area contributed by atoms with Gasteiger partial charge in [0, 0.05) is 46.8 Å². The average molecular weight is 910 g/mol. The quantitative estimate of drug-likeness (QED) is 0.0756. The molecule has 5 aliphatic heterocycles. The van der Waals surface area contributed by atoms with E-state index < -0.39 is 86.0 Å². The molecule has 10 atom stereocenters. The molecule has 10 unspecified atom stereocenters. The first-order valence-corrected chi connectivity index (χ1v) is 21.6. The highest BCUT2D eigenvalue weighted by molar-refractivity contribution is 6.29. The highest BCUT2D eigenvalue weighted by Crippen LogP contribution is 2.49. The van der Waals surface area contributed by atoms with Crippen molar-refractivity contribution in [3.63, 3.8) is 0 Å². The van der Waals surface area contributed by atoms with E-state index >= 15 is 0 Å². The Kier molecular flexibility index (Phi) is 12.9. The summed E-state index contributed by atoms with van der Waals surface area (Å²) in [5.41, 5.74) is 14.6. The van der Waals surface area contributed by atoms with Crippen LogP contribution in [-0.2, 0) is 30.4 Å². The maximum absolute atomic E-state index is 14.8. The first-order valence-electron chi connectivity index (χ1n) is 21.6. The minimum absolute atomic E-state index is 0.0156. The normalized spacial score (nSPS) is 28.3. The number of aliphatic hydroxyl groups is 4. The van der Waals surface area contributed by atoms with E-state index in [1.165, 1.54) is 24.5 Å². The van der Waals surface area contributed by atoms with Crippen LogP contribution in [0.15, 0.2) is 84.4 Å². The molecule has 3 saturated heterocycles. The van der Waals surface area contributed by atoms with Gasteiger partial charge in [-0.05, 0) is 59.5 Å². The lowest BCUT2D eigenvalue weighted by atomic mass is 9.79. The fraction of sp³-hybridized carbons (Fsp3) is 0.391. The first kappa shape index (κ1) is 45.0. The van der Waals surface area contributed by atoms with Crippen LogP contribution in [0, 0.1) is 0 Å². The number of aldehydes is 1. The number of rotatable bonds is 12. The molecule has 1 amide bonds. The van der Waals surface area contributed by atoms with Gasteiger partial charge in [-0.1, -0.05) is 30.3 Å². The molecular formula is C46H51N7O13. The van der Waals surface area contributed by atoms with Crippen molar-refractivity contribution in [2.45, 2.75) is 80.7 Å². The summed E-state index contributed by atoms with van der Waals surface area (Å²) in [6.45, 7) is -0.482. The molecule has 0 spiro atoms. The summed E-state index contributed by atoms with van der Waals surface area (Å²) in [5.74, 6) is -2.41. The van der Waals surface area contributed by atoms with Crippen LogP contribution in [0.1, 0.15) is 67.3 Å². The lowest BCUT2D eigenvalue weighted by Crippen LogP contribution is -2.70. The van der Waals surface area contributed by atoms with E-state index in [1.54, 1.807) is 24.3 Å². The number of ether oxygens (including phenoxy) is 5. The van der Waals surface area contributed by atoms with E-state index in [2.05, 4.69) is 21.3 Å². The molecule has 0 aromatic heterocycles. The van der Waals surface area contributed by atoms with Crippen molar-refractivity contribution in [3.05, 3.63) is 123 Å². The van der Waals surface area contributed by atoms with Crippen molar-refractivity contribution in [1.82, 2.24) is 21.3 Å². The third-order valence-electron chi connectivity index (χ3n) is 12.5. The van der Waals surface area contributed by atoms with E-state index in [4.69, 9.17) is 35.2 Å². The number of dihydropyridines is 1. The second-order valence-corrected chi connectivity index (χ2v) is 16.7. The number of ketones is 2. The van der Waals surface area contributed by atoms with Gasteiger partial charge in [0.25, 0.3) is 0 Å². The largest absolute Gasteiger partial charge is 0.499 e. The number of amides is 1. The molecule has 0 radical (unpaired) electrons. The number of benzene rings is 3. The fourth-order valence-corrected chi connectivity index (χ4v) is 9.18. The predicted molar refractivity (Wildman–Crippen MR) is 233 cm³/mol. The maximum atomic E-state index is 14.8. The standard InChI is InChI=1S/C46H51N7O13/c47-33-16-22(7-11-49-33)9-14-63-42-39(60)38(59)32-20-62-13-10-25(26-3-1-2-4-31(26)53-21-50-35-43(53)51-46(48)52-44(35)61)29-17-30-34(37(58)28-15-23(18-55)5-6-27(28)36(30)57)41(40(29)66-45(42)65-32)64-19-24(56)8-12-54/h1-7,10,12-13,15-17,24-25,32,35,38-39,42-43,45-46,49-51,55-56,59-60H,8-9,11,14,18-21,47-48H2,(H,52,61). The van der Waals surface area contributed by atoms with Gasteiger partial charge in [0.15, 0.2) is 23.1 Å². The number of nitrogens with zero attached hydrogens (tertiary/aromatic N) is 1. The Morgan fingerprint density at radius 2 is 1.85 bits per heavy atom. The van der Waals surface area contributed by atoms with E-state index in [0.717, 1.165) is 5.57 Å². The summed E-state index contributed by atoms with van der Waals surface area (Å²) in [6, 6.07) is 12.6. The molecule has 348 valence electrons. The van der Waals surface area contributed by atoms with Gasteiger partial charge in [-0.2, -0.15) is 0 Å². The van der Waals surface area contributed by atoms with Crippen LogP contribution in [-0.4, -0.2) is 133 Å². The fourth-order valence-electron chi connectivity index (χ4n) is 9.18. The number of carbonyl (C=O) groups excluding carboxylic acids is 4. The second kappa shape index (κ2) is 19.0. The monoisotopic (exact) mass is 909 g/mol. The number of allylic oxidation sites excluding steroid dienone is 2. The lowest BCUT2D eigenvalue weighted by molar-refractivity contribution is -0.287. The molecular weight excluding hydrogens is 859 g/mol. The van der Waals surface area contributed by atoms with E-state index in [0.29, 0.717) is 41.9 Å². The molecule has 9 rings (SSSR count). The highest BCUT2D eigenvalue weighted by Gasteiger charge is 2.49. The van der Waals surface area contributed by atoms with E-state index in [-0.39, 0.29) is 71.5 Å². The van der Waals surface area contributed by atoms with Crippen LogP contribution in [0.5, 0.6) is 11.5 Å². The Hall–Kier alpha value is -6.20. The molecule has 0 saturated carbocycles. The van der Waals surface area contributed by atoms with Gasteiger partial charge in [-0.25, -0.2) is 0 Å². The van der Waals surface area contributed by atoms with Crippen molar-refractivity contribution in [2.75, 3.05) is 37.9 Å². The predicted octanol–water partition coefficient (Wildman–Crippen LogP) is -1.09. The van der Waals surface area contributed by atoms with Crippen LogP contribution >= 0.6 is 0 Å². The van der Waals surface area contributed by atoms with Crippen molar-refractivity contribution >= 4 is 29.4 Å². The Balaban J connectivity index is 1.23. The van der Waals surface area contributed by atoms with Gasteiger partial charge >= 0.3 is 0 Å². The smallest absolute Gasteiger partial charge is 0.242 e. The van der Waals surface area contributed by atoms with Crippen LogP contribution < -0.4 is 47.1 Å². The van der Waals surface area contributed by atoms with E-state index in [9.17, 15) is 39.6 Å². The number of para-hydroxylation sites is 1. The van der Waals surface area contributed by atoms with Gasteiger partial charge in [-0.15, -0.1) is 0 Å². The summed E-state index contributed by atoms with van der Waals surface area (Å²) in [6.07, 6.45) is -2.72. The maximum Gasteiger partial charge on any atom is 0.242 e. The topological polar surface area (TPSA) is 299 Å². The summed E-state index contributed by atoms with van der Waals surface area (Å²) in [5, 5.41) is 56.2.